The number of halogens is 5. The summed E-state index contributed by atoms with van der Waals surface area (Å²) in [6, 6.07) is 8.48. The van der Waals surface area contributed by atoms with Crippen molar-refractivity contribution in [2.75, 3.05) is 26.3 Å². The minimum atomic E-state index is -4.91. The zero-order valence-electron chi connectivity index (χ0n) is 23.1. The van der Waals surface area contributed by atoms with Crippen LogP contribution in [-0.2, 0) is 25.0 Å². The minimum absolute atomic E-state index is 0.0000816. The smallest absolute Gasteiger partial charge is 0.346 e. The predicted octanol–water partition coefficient (Wildman–Crippen LogP) is 4.23. The van der Waals surface area contributed by atoms with Gasteiger partial charge in [0.1, 0.15) is 12.1 Å². The summed E-state index contributed by atoms with van der Waals surface area (Å²) < 4.78 is 83.0. The molecule has 0 saturated carbocycles. The molecule has 6 rings (SSSR count). The Labute approximate surface area is 256 Å². The second kappa shape index (κ2) is 11.2. The van der Waals surface area contributed by atoms with Gasteiger partial charge in [-0.2, -0.15) is 27.2 Å². The molecule has 2 atom stereocenters. The lowest BCUT2D eigenvalue weighted by atomic mass is 10.0. The number of thiophene rings is 1. The molecule has 1 spiro atoms. The summed E-state index contributed by atoms with van der Waals surface area (Å²) in [5.74, 6) is -7.34. The van der Waals surface area contributed by atoms with E-state index in [1.807, 2.05) is 5.32 Å². The number of nitriles is 1. The summed E-state index contributed by atoms with van der Waals surface area (Å²) in [6.07, 6.45) is -5.16. The number of carbonyl (C=O) groups excluding carboxylic acids is 3. The highest BCUT2D eigenvalue weighted by molar-refractivity contribution is 7.10. The zero-order valence-corrected chi connectivity index (χ0v) is 23.9. The Morgan fingerprint density at radius 3 is 2.47 bits per heavy atom. The molecule has 0 radical (unpaired) electrons. The van der Waals surface area contributed by atoms with Crippen LogP contribution in [0, 0.1) is 11.3 Å². The fourth-order valence-corrected chi connectivity index (χ4v) is 6.74. The number of amides is 3. The van der Waals surface area contributed by atoms with Crippen molar-refractivity contribution >= 4 is 29.1 Å². The Balaban J connectivity index is 1.18. The molecule has 9 nitrogen and oxygen atoms in total. The SMILES string of the molecule is N#Cc1csc(C(NC(=O)[C@@H]2CC3(CN2C(=O)CNC(=O)c2ccc4c(c2)-c2ccccc2C4(F)F)OCCO3)C(F)(F)F)c1. The number of carbonyl (C=O) groups is 3. The van der Waals surface area contributed by atoms with Crippen LogP contribution in [-0.4, -0.2) is 66.9 Å². The van der Waals surface area contributed by atoms with E-state index >= 15 is 0 Å². The molecule has 3 aromatic rings. The molecule has 2 aliphatic heterocycles. The third-order valence-corrected chi connectivity index (χ3v) is 8.95. The largest absolute Gasteiger partial charge is 0.413 e. The predicted molar refractivity (Wildman–Crippen MR) is 148 cm³/mol. The Morgan fingerprint density at radius 1 is 1.07 bits per heavy atom. The first kappa shape index (κ1) is 30.6. The number of ether oxygens (including phenoxy) is 2. The number of likely N-dealkylation sites (tertiary alicyclic amines) is 1. The first-order valence-corrected chi connectivity index (χ1v) is 14.5. The number of benzene rings is 2. The van der Waals surface area contributed by atoms with Crippen LogP contribution in [0.3, 0.4) is 0 Å². The monoisotopic (exact) mass is 646 g/mol. The van der Waals surface area contributed by atoms with Gasteiger partial charge in [0.15, 0.2) is 11.8 Å². The molecular weight excluding hydrogens is 623 g/mol. The second-order valence-electron chi connectivity index (χ2n) is 10.7. The molecule has 2 aromatic carbocycles. The Kier molecular flexibility index (Phi) is 7.62. The van der Waals surface area contributed by atoms with E-state index in [0.29, 0.717) is 11.3 Å². The van der Waals surface area contributed by atoms with Crippen molar-refractivity contribution in [1.29, 1.82) is 5.26 Å². The summed E-state index contributed by atoms with van der Waals surface area (Å²) in [6.45, 7) is -0.643. The highest BCUT2D eigenvalue weighted by Crippen LogP contribution is 2.51. The number of fused-ring (bicyclic) bond motifs is 3. The van der Waals surface area contributed by atoms with Crippen molar-refractivity contribution in [1.82, 2.24) is 15.5 Å². The van der Waals surface area contributed by atoms with E-state index in [1.165, 1.54) is 35.7 Å². The van der Waals surface area contributed by atoms with Gasteiger partial charge in [-0.15, -0.1) is 11.3 Å². The number of nitrogens with zero attached hydrogens (tertiary/aromatic N) is 2. The lowest BCUT2D eigenvalue weighted by Gasteiger charge is -2.27. The van der Waals surface area contributed by atoms with Crippen molar-refractivity contribution in [3.8, 4) is 17.2 Å². The molecule has 3 heterocycles. The summed E-state index contributed by atoms with van der Waals surface area (Å²) in [7, 11) is 0. The van der Waals surface area contributed by atoms with Crippen molar-refractivity contribution in [2.24, 2.45) is 0 Å². The third-order valence-electron chi connectivity index (χ3n) is 7.95. The lowest BCUT2D eigenvalue weighted by Crippen LogP contribution is -2.51. The van der Waals surface area contributed by atoms with Gasteiger partial charge in [-0.3, -0.25) is 14.4 Å². The number of hydrogen-bond donors (Lipinski definition) is 2. The molecule has 0 bridgehead atoms. The van der Waals surface area contributed by atoms with Gasteiger partial charge in [-0.1, -0.05) is 30.3 Å². The van der Waals surface area contributed by atoms with E-state index < -0.39 is 54.2 Å². The van der Waals surface area contributed by atoms with E-state index in [1.54, 1.807) is 12.1 Å². The summed E-state index contributed by atoms with van der Waals surface area (Å²) in [5.41, 5.74) is 0.0143. The van der Waals surface area contributed by atoms with Gasteiger partial charge in [-0.25, -0.2) is 0 Å². The quantitative estimate of drug-likeness (QED) is 0.387. The molecule has 3 aliphatic rings. The van der Waals surface area contributed by atoms with Crippen LogP contribution in [0.15, 0.2) is 53.9 Å². The zero-order chi connectivity index (χ0) is 32.1. The second-order valence-corrected chi connectivity index (χ2v) is 11.7. The van der Waals surface area contributed by atoms with E-state index in [2.05, 4.69) is 5.32 Å². The average molecular weight is 647 g/mol. The first-order valence-electron chi connectivity index (χ1n) is 13.7. The fraction of sp³-hybridized carbons (Fsp3) is 0.333. The van der Waals surface area contributed by atoms with Crippen LogP contribution in [0.4, 0.5) is 22.0 Å². The van der Waals surface area contributed by atoms with Gasteiger partial charge in [0.05, 0.1) is 31.9 Å². The molecule has 15 heteroatoms. The van der Waals surface area contributed by atoms with E-state index in [-0.39, 0.29) is 64.4 Å². The molecule has 45 heavy (non-hydrogen) atoms. The number of rotatable bonds is 6. The van der Waals surface area contributed by atoms with Crippen LogP contribution in [0.2, 0.25) is 0 Å². The molecule has 2 saturated heterocycles. The Hall–Kier alpha value is -4.39. The maximum Gasteiger partial charge on any atom is 0.413 e. The summed E-state index contributed by atoms with van der Waals surface area (Å²) in [4.78, 5) is 40.3. The Bertz CT molecular complexity index is 1730. The van der Waals surface area contributed by atoms with Crippen LogP contribution in [0.5, 0.6) is 0 Å². The molecule has 1 aliphatic carbocycles. The molecular formula is C30H23F5N4O5S. The Morgan fingerprint density at radius 2 is 1.78 bits per heavy atom. The van der Waals surface area contributed by atoms with E-state index in [4.69, 9.17) is 14.7 Å². The highest BCUT2D eigenvalue weighted by Gasteiger charge is 2.54. The molecule has 1 aromatic heterocycles. The average Bonchev–Trinajstić information content (AvgIpc) is 3.80. The van der Waals surface area contributed by atoms with Crippen LogP contribution < -0.4 is 10.6 Å². The maximum absolute atomic E-state index is 14.9. The molecule has 2 fully saturated rings. The summed E-state index contributed by atoms with van der Waals surface area (Å²) >= 11 is 0.656. The van der Waals surface area contributed by atoms with Crippen LogP contribution in [0.1, 0.15) is 44.4 Å². The van der Waals surface area contributed by atoms with E-state index in [0.717, 1.165) is 17.0 Å². The van der Waals surface area contributed by atoms with Crippen molar-refractivity contribution in [3.05, 3.63) is 81.0 Å². The normalized spacial score (nSPS) is 19.9. The van der Waals surface area contributed by atoms with Crippen molar-refractivity contribution in [2.45, 2.75) is 36.4 Å². The van der Waals surface area contributed by atoms with Crippen LogP contribution in [0.25, 0.3) is 11.1 Å². The first-order chi connectivity index (χ1) is 21.3. The molecule has 3 amide bonds. The minimum Gasteiger partial charge on any atom is -0.346 e. The fourth-order valence-electron chi connectivity index (χ4n) is 5.84. The highest BCUT2D eigenvalue weighted by atomic mass is 32.1. The van der Waals surface area contributed by atoms with Crippen LogP contribution >= 0.6 is 11.3 Å². The lowest BCUT2D eigenvalue weighted by molar-refractivity contribution is -0.164. The summed E-state index contributed by atoms with van der Waals surface area (Å²) in [5, 5.41) is 14.6. The number of hydrogen-bond acceptors (Lipinski definition) is 7. The molecule has 2 N–H and O–H groups in total. The van der Waals surface area contributed by atoms with Gasteiger partial charge in [0.2, 0.25) is 11.8 Å². The molecule has 234 valence electrons. The number of alkyl halides is 5. The van der Waals surface area contributed by atoms with E-state index in [9.17, 15) is 36.3 Å². The number of nitrogens with one attached hydrogen (secondary N) is 2. The van der Waals surface area contributed by atoms with Gasteiger partial charge in [0.25, 0.3) is 11.8 Å². The standard InChI is InChI=1S/C30H23F5N4O5S/c31-29(32)20-4-2-1-3-18(20)19-10-17(5-6-21(19)29)26(41)37-13-24(40)39-15-28(43-7-8-44-28)11-22(39)27(42)38-25(30(33,34)35)23-9-16(12-36)14-45-23/h1-6,9-10,14,22,25H,7-8,11,13,15H2,(H,37,41)(H,38,42)/t22-,25?/m0/s1. The van der Waals surface area contributed by atoms with Gasteiger partial charge >= 0.3 is 6.18 Å². The topological polar surface area (TPSA) is 121 Å². The van der Waals surface area contributed by atoms with Gasteiger partial charge < -0.3 is 25.0 Å². The molecule has 1 unspecified atom stereocenters. The van der Waals surface area contributed by atoms with Gasteiger partial charge in [0, 0.05) is 33.4 Å². The van der Waals surface area contributed by atoms with Gasteiger partial charge in [-0.05, 0) is 29.3 Å². The maximum atomic E-state index is 14.9. The van der Waals surface area contributed by atoms with Crippen molar-refractivity contribution in [3.63, 3.8) is 0 Å². The van der Waals surface area contributed by atoms with Crippen molar-refractivity contribution < 1.29 is 45.8 Å². The third kappa shape index (κ3) is 5.54.